The molecule has 0 aliphatic carbocycles. The van der Waals surface area contributed by atoms with Crippen molar-refractivity contribution in [2.75, 3.05) is 6.61 Å². The molecule has 3 nitrogen and oxygen atoms in total. The van der Waals surface area contributed by atoms with E-state index < -0.39 is 11.6 Å². The molecule has 0 spiro atoms. The summed E-state index contributed by atoms with van der Waals surface area (Å²) < 4.78 is 35.1. The van der Waals surface area contributed by atoms with Gasteiger partial charge in [-0.05, 0) is 36.5 Å². The molecule has 128 valence electrons. The molecule has 2 aromatic carbocycles. The van der Waals surface area contributed by atoms with Crippen molar-refractivity contribution in [2.45, 2.75) is 25.4 Å². The molecule has 1 aliphatic rings. The lowest BCUT2D eigenvalue weighted by atomic mass is 9.96. The van der Waals surface area contributed by atoms with Gasteiger partial charge < -0.3 is 9.72 Å². The maximum absolute atomic E-state index is 14.9. The van der Waals surface area contributed by atoms with Crippen molar-refractivity contribution in [3.63, 3.8) is 0 Å². The zero-order valence-corrected chi connectivity index (χ0v) is 13.5. The first-order valence-electron chi connectivity index (χ1n) is 8.35. The van der Waals surface area contributed by atoms with E-state index in [1.807, 2.05) is 12.1 Å². The Bertz CT molecular complexity index is 925. The number of hydrogen-bond acceptors (Lipinski definition) is 2. The summed E-state index contributed by atoms with van der Waals surface area (Å²) in [5.74, 6) is -1.38. The maximum atomic E-state index is 14.9. The molecule has 0 radical (unpaired) electrons. The number of carbonyl (C=O) groups excluding carboxylic acids is 1. The van der Waals surface area contributed by atoms with E-state index in [-0.39, 0.29) is 28.1 Å². The molecule has 0 amide bonds. The topological polar surface area (TPSA) is 42.1 Å². The highest BCUT2D eigenvalue weighted by atomic mass is 19.1. The third kappa shape index (κ3) is 2.74. The minimum atomic E-state index is -0.722. The minimum absolute atomic E-state index is 0.0475. The molecule has 1 N–H and O–H groups in total. The number of carbonyl (C=O) groups is 1. The van der Waals surface area contributed by atoms with E-state index in [2.05, 4.69) is 4.98 Å². The second-order valence-electron chi connectivity index (χ2n) is 6.31. The van der Waals surface area contributed by atoms with E-state index >= 15 is 0 Å². The zero-order chi connectivity index (χ0) is 17.4. The van der Waals surface area contributed by atoms with Crippen LogP contribution in [0, 0.1) is 11.6 Å². The van der Waals surface area contributed by atoms with Crippen molar-refractivity contribution in [1.82, 2.24) is 4.98 Å². The van der Waals surface area contributed by atoms with Crippen molar-refractivity contribution >= 4 is 17.2 Å². The average molecular weight is 341 g/mol. The van der Waals surface area contributed by atoms with Gasteiger partial charge in [-0.25, -0.2) is 8.78 Å². The number of halogens is 2. The van der Waals surface area contributed by atoms with E-state index in [0.717, 1.165) is 31.4 Å². The van der Waals surface area contributed by atoms with E-state index in [1.54, 1.807) is 12.1 Å². The third-order valence-corrected chi connectivity index (χ3v) is 4.77. The van der Waals surface area contributed by atoms with Gasteiger partial charge in [0.15, 0.2) is 6.29 Å². The van der Waals surface area contributed by atoms with Crippen molar-refractivity contribution in [3.8, 4) is 11.1 Å². The maximum Gasteiger partial charge on any atom is 0.152 e. The summed E-state index contributed by atoms with van der Waals surface area (Å²) >= 11 is 0. The Balaban J connectivity index is 1.77. The van der Waals surface area contributed by atoms with E-state index in [1.165, 1.54) is 12.3 Å². The molecule has 0 unspecified atom stereocenters. The first-order valence-corrected chi connectivity index (χ1v) is 8.35. The molecule has 1 aliphatic heterocycles. The molecule has 0 saturated carbocycles. The summed E-state index contributed by atoms with van der Waals surface area (Å²) in [5, 5.41) is 0.117. The van der Waals surface area contributed by atoms with Crippen molar-refractivity contribution in [2.24, 2.45) is 0 Å². The van der Waals surface area contributed by atoms with Crippen molar-refractivity contribution in [3.05, 3.63) is 59.3 Å². The number of fused-ring (bicyclic) bond motifs is 1. The van der Waals surface area contributed by atoms with Gasteiger partial charge in [0.2, 0.25) is 0 Å². The van der Waals surface area contributed by atoms with Crippen LogP contribution in [0.2, 0.25) is 0 Å². The Kier molecular flexibility index (Phi) is 4.09. The van der Waals surface area contributed by atoms with Gasteiger partial charge in [0.1, 0.15) is 11.6 Å². The van der Waals surface area contributed by atoms with E-state index in [0.29, 0.717) is 11.8 Å². The molecule has 0 bridgehead atoms. The fraction of sp³-hybridized carbons (Fsp3) is 0.250. The highest BCUT2D eigenvalue weighted by Crippen LogP contribution is 2.34. The minimum Gasteiger partial charge on any atom is -0.374 e. The lowest BCUT2D eigenvalue weighted by molar-refractivity contribution is 0.0149. The number of aromatic amines is 1. The van der Waals surface area contributed by atoms with Crippen LogP contribution in [-0.4, -0.2) is 17.9 Å². The molecule has 3 aromatic rings. The first kappa shape index (κ1) is 16.0. The highest BCUT2D eigenvalue weighted by molar-refractivity contribution is 5.99. The summed E-state index contributed by atoms with van der Waals surface area (Å²) in [6.07, 6.45) is 5.14. The van der Waals surface area contributed by atoms with Gasteiger partial charge >= 0.3 is 0 Å². The molecule has 2 heterocycles. The summed E-state index contributed by atoms with van der Waals surface area (Å²) in [6, 6.07) is 8.33. The second kappa shape index (κ2) is 6.41. The summed E-state index contributed by atoms with van der Waals surface area (Å²) in [6.45, 7) is 0.744. The fourth-order valence-corrected chi connectivity index (χ4v) is 3.47. The standard InChI is InChI=1S/C20H17F2NO2/c21-15-9-16-19(14(11-24)10-23-16)20(22)18(15)13-6-4-12(5-7-13)17-3-1-2-8-25-17/h4-7,9-11,17,23H,1-3,8H2/t17-/m0/s1. The van der Waals surface area contributed by atoms with Crippen LogP contribution in [0.25, 0.3) is 22.0 Å². The van der Waals surface area contributed by atoms with Crippen molar-refractivity contribution in [1.29, 1.82) is 0 Å². The fourth-order valence-electron chi connectivity index (χ4n) is 3.47. The van der Waals surface area contributed by atoms with Gasteiger partial charge in [-0.1, -0.05) is 24.3 Å². The van der Waals surface area contributed by atoms with Crippen LogP contribution >= 0.6 is 0 Å². The Morgan fingerprint density at radius 2 is 1.96 bits per heavy atom. The molecule has 1 atom stereocenters. The molecule has 4 rings (SSSR count). The van der Waals surface area contributed by atoms with Crippen LogP contribution in [0.15, 0.2) is 36.5 Å². The molecule has 1 fully saturated rings. The number of aldehydes is 1. The van der Waals surface area contributed by atoms with Gasteiger partial charge in [0.25, 0.3) is 0 Å². The number of rotatable bonds is 3. The van der Waals surface area contributed by atoms with Crippen LogP contribution < -0.4 is 0 Å². The quantitative estimate of drug-likeness (QED) is 0.668. The summed E-state index contributed by atoms with van der Waals surface area (Å²) in [7, 11) is 0. The van der Waals surface area contributed by atoms with Crippen LogP contribution in [-0.2, 0) is 4.74 Å². The van der Waals surface area contributed by atoms with Crippen molar-refractivity contribution < 1.29 is 18.3 Å². The van der Waals surface area contributed by atoms with Gasteiger partial charge in [0.05, 0.1) is 17.2 Å². The van der Waals surface area contributed by atoms with Gasteiger partial charge in [-0.2, -0.15) is 0 Å². The molecule has 25 heavy (non-hydrogen) atoms. The zero-order valence-electron chi connectivity index (χ0n) is 13.5. The predicted octanol–water partition coefficient (Wildman–Crippen LogP) is 5.17. The van der Waals surface area contributed by atoms with E-state index in [4.69, 9.17) is 4.74 Å². The predicted molar refractivity (Wildman–Crippen MR) is 91.6 cm³/mol. The number of ether oxygens (including phenoxy) is 1. The normalized spacial score (nSPS) is 17.8. The molecule has 1 aromatic heterocycles. The summed E-state index contributed by atoms with van der Waals surface area (Å²) in [5.41, 5.74) is 1.79. The van der Waals surface area contributed by atoms with E-state index in [9.17, 15) is 13.6 Å². The lowest BCUT2D eigenvalue weighted by Crippen LogP contribution is -2.11. The third-order valence-electron chi connectivity index (χ3n) is 4.77. The smallest absolute Gasteiger partial charge is 0.152 e. The molecular weight excluding hydrogens is 324 g/mol. The van der Waals surface area contributed by atoms with Gasteiger partial charge in [-0.3, -0.25) is 4.79 Å². The first-order chi connectivity index (χ1) is 12.2. The second-order valence-corrected chi connectivity index (χ2v) is 6.31. The number of nitrogens with one attached hydrogen (secondary N) is 1. The Labute approximate surface area is 143 Å². The number of benzene rings is 2. The Hall–Kier alpha value is -2.53. The average Bonchev–Trinajstić information content (AvgIpc) is 3.06. The summed E-state index contributed by atoms with van der Waals surface area (Å²) in [4.78, 5) is 13.8. The highest BCUT2D eigenvalue weighted by Gasteiger charge is 2.20. The largest absolute Gasteiger partial charge is 0.374 e. The van der Waals surface area contributed by atoms with Crippen LogP contribution in [0.3, 0.4) is 0 Å². The Morgan fingerprint density at radius 3 is 2.64 bits per heavy atom. The monoisotopic (exact) mass is 341 g/mol. The molecular formula is C20H17F2NO2. The number of H-pyrrole nitrogens is 1. The van der Waals surface area contributed by atoms with Gasteiger partial charge in [0, 0.05) is 23.8 Å². The van der Waals surface area contributed by atoms with Gasteiger partial charge in [-0.15, -0.1) is 0 Å². The lowest BCUT2D eigenvalue weighted by Gasteiger charge is -2.23. The molecule has 1 saturated heterocycles. The van der Waals surface area contributed by atoms with Crippen LogP contribution in [0.5, 0.6) is 0 Å². The van der Waals surface area contributed by atoms with Crippen LogP contribution in [0.4, 0.5) is 8.78 Å². The molecule has 5 heteroatoms. The Morgan fingerprint density at radius 1 is 1.16 bits per heavy atom. The van der Waals surface area contributed by atoms with Crippen LogP contribution in [0.1, 0.15) is 41.3 Å². The SMILES string of the molecule is O=Cc1c[nH]c2cc(F)c(-c3ccc([C@@H]4CCCCO4)cc3)c(F)c12. The number of aromatic nitrogens is 1. The number of hydrogen-bond donors (Lipinski definition) is 1.